The number of carbonyl (C=O) groups excluding carboxylic acids is 1. The van der Waals surface area contributed by atoms with E-state index < -0.39 is 11.7 Å². The summed E-state index contributed by atoms with van der Waals surface area (Å²) in [7, 11) is 0. The first-order chi connectivity index (χ1) is 11.9. The van der Waals surface area contributed by atoms with E-state index in [0.717, 1.165) is 21.7 Å². The van der Waals surface area contributed by atoms with Crippen molar-refractivity contribution in [3.8, 4) is 21.7 Å². The number of hydrogen-bond donors (Lipinski definition) is 1. The summed E-state index contributed by atoms with van der Waals surface area (Å²) in [6.45, 7) is 5.50. The molecule has 0 radical (unpaired) electrons. The number of aromatic nitrogens is 1. The highest BCUT2D eigenvalue weighted by molar-refractivity contribution is 7.19. The molecule has 3 aromatic rings. The number of hydrogen-bond acceptors (Lipinski definition) is 4. The molecule has 1 N–H and O–H groups in total. The van der Waals surface area contributed by atoms with E-state index in [1.165, 1.54) is 11.3 Å². The van der Waals surface area contributed by atoms with Crippen molar-refractivity contribution in [1.82, 2.24) is 4.98 Å². The summed E-state index contributed by atoms with van der Waals surface area (Å²) >= 11 is 1.44. The van der Waals surface area contributed by atoms with Gasteiger partial charge in [0.05, 0.1) is 10.6 Å². The number of thiazole rings is 1. The molecule has 25 heavy (non-hydrogen) atoms. The zero-order valence-corrected chi connectivity index (χ0v) is 15.3. The normalized spacial score (nSPS) is 11.2. The maximum atomic E-state index is 12.1. The van der Waals surface area contributed by atoms with Crippen LogP contribution in [0.4, 0.5) is 9.93 Å². The van der Waals surface area contributed by atoms with Crippen LogP contribution < -0.4 is 5.32 Å². The Labute approximate surface area is 151 Å². The van der Waals surface area contributed by atoms with Crippen molar-refractivity contribution in [2.24, 2.45) is 0 Å². The van der Waals surface area contributed by atoms with E-state index in [1.54, 1.807) is 0 Å². The largest absolute Gasteiger partial charge is 0.444 e. The van der Waals surface area contributed by atoms with Crippen molar-refractivity contribution in [2.45, 2.75) is 26.4 Å². The third-order valence-electron chi connectivity index (χ3n) is 3.32. The van der Waals surface area contributed by atoms with E-state index in [9.17, 15) is 4.79 Å². The molecule has 4 nitrogen and oxygen atoms in total. The SMILES string of the molecule is CC(C)(C)OC(=O)Nc1nc(-c2ccccc2)c(-c2ccccc2)s1. The molecule has 2 aromatic carbocycles. The van der Waals surface area contributed by atoms with Crippen LogP contribution in [-0.2, 0) is 4.74 Å². The van der Waals surface area contributed by atoms with Crippen LogP contribution in [-0.4, -0.2) is 16.7 Å². The summed E-state index contributed by atoms with van der Waals surface area (Å²) < 4.78 is 5.32. The molecule has 128 valence electrons. The Hall–Kier alpha value is -2.66. The van der Waals surface area contributed by atoms with Crippen molar-refractivity contribution in [1.29, 1.82) is 0 Å². The maximum Gasteiger partial charge on any atom is 0.413 e. The molecular formula is C20H20N2O2S. The van der Waals surface area contributed by atoms with Crippen LogP contribution in [0, 0.1) is 0 Å². The molecule has 0 aliphatic rings. The first-order valence-corrected chi connectivity index (χ1v) is 8.86. The monoisotopic (exact) mass is 352 g/mol. The van der Waals surface area contributed by atoms with Crippen LogP contribution in [0.15, 0.2) is 60.7 Å². The molecule has 1 aromatic heterocycles. The zero-order chi connectivity index (χ0) is 17.9. The van der Waals surface area contributed by atoms with Crippen molar-refractivity contribution in [3.05, 3.63) is 60.7 Å². The van der Waals surface area contributed by atoms with Gasteiger partial charge in [0.25, 0.3) is 0 Å². The summed E-state index contributed by atoms with van der Waals surface area (Å²) in [6, 6.07) is 20.0. The highest BCUT2D eigenvalue weighted by Gasteiger charge is 2.20. The molecule has 0 unspecified atom stereocenters. The van der Waals surface area contributed by atoms with Crippen LogP contribution in [0.25, 0.3) is 21.7 Å². The number of nitrogens with zero attached hydrogens (tertiary/aromatic N) is 1. The maximum absolute atomic E-state index is 12.1. The molecule has 0 aliphatic heterocycles. The van der Waals surface area contributed by atoms with Gasteiger partial charge in [0.15, 0.2) is 5.13 Å². The molecule has 0 atom stereocenters. The molecule has 3 rings (SSSR count). The fourth-order valence-electron chi connectivity index (χ4n) is 2.34. The number of rotatable bonds is 3. The Morgan fingerprint density at radius 2 is 1.52 bits per heavy atom. The Morgan fingerprint density at radius 1 is 0.960 bits per heavy atom. The van der Waals surface area contributed by atoms with Gasteiger partial charge in [-0.25, -0.2) is 9.78 Å². The Kier molecular flexibility index (Phi) is 4.86. The molecule has 0 saturated carbocycles. The predicted molar refractivity (Wildman–Crippen MR) is 103 cm³/mol. The van der Waals surface area contributed by atoms with Crippen molar-refractivity contribution in [3.63, 3.8) is 0 Å². The Bertz CT molecular complexity index is 795. The summed E-state index contributed by atoms with van der Waals surface area (Å²) in [5, 5.41) is 3.27. The number of carbonyl (C=O) groups is 1. The fraction of sp³-hybridized carbons (Fsp3) is 0.200. The van der Waals surface area contributed by atoms with E-state index in [1.807, 2.05) is 81.4 Å². The molecule has 0 saturated heterocycles. The van der Waals surface area contributed by atoms with E-state index in [0.29, 0.717) is 5.13 Å². The van der Waals surface area contributed by atoms with Crippen molar-refractivity contribution in [2.75, 3.05) is 5.32 Å². The summed E-state index contributed by atoms with van der Waals surface area (Å²) in [4.78, 5) is 17.7. The van der Waals surface area contributed by atoms with Gasteiger partial charge in [0, 0.05) is 5.56 Å². The standard InChI is InChI=1S/C20H20N2O2S/c1-20(2,3)24-19(23)22-18-21-16(14-10-6-4-7-11-14)17(25-18)15-12-8-5-9-13-15/h4-13H,1-3H3,(H,21,22,23). The van der Waals surface area contributed by atoms with Crippen LogP contribution in [0.2, 0.25) is 0 Å². The second-order valence-electron chi connectivity index (χ2n) is 6.56. The average molecular weight is 352 g/mol. The highest BCUT2D eigenvalue weighted by Crippen LogP contribution is 2.38. The van der Waals surface area contributed by atoms with Gasteiger partial charge in [0.1, 0.15) is 5.60 Å². The minimum atomic E-state index is -0.550. The molecule has 5 heteroatoms. The minimum Gasteiger partial charge on any atom is -0.444 e. The average Bonchev–Trinajstić information content (AvgIpc) is 2.98. The Morgan fingerprint density at radius 3 is 2.08 bits per heavy atom. The van der Waals surface area contributed by atoms with Gasteiger partial charge in [-0.2, -0.15) is 0 Å². The molecule has 0 bridgehead atoms. The minimum absolute atomic E-state index is 0.500. The lowest BCUT2D eigenvalue weighted by Crippen LogP contribution is -2.27. The number of ether oxygens (including phenoxy) is 1. The van der Waals surface area contributed by atoms with Gasteiger partial charge in [-0.1, -0.05) is 72.0 Å². The first-order valence-electron chi connectivity index (χ1n) is 8.04. The van der Waals surface area contributed by atoms with Gasteiger partial charge in [-0.05, 0) is 26.3 Å². The van der Waals surface area contributed by atoms with Gasteiger partial charge in [-0.15, -0.1) is 0 Å². The lowest BCUT2D eigenvalue weighted by molar-refractivity contribution is 0.0636. The number of amides is 1. The van der Waals surface area contributed by atoms with Crippen LogP contribution in [0.1, 0.15) is 20.8 Å². The van der Waals surface area contributed by atoms with Gasteiger partial charge < -0.3 is 4.74 Å². The van der Waals surface area contributed by atoms with Crippen molar-refractivity contribution < 1.29 is 9.53 Å². The summed E-state index contributed by atoms with van der Waals surface area (Å²) in [5.74, 6) is 0. The number of anilines is 1. The fourth-order valence-corrected chi connectivity index (χ4v) is 3.32. The Balaban J connectivity index is 1.97. The smallest absolute Gasteiger partial charge is 0.413 e. The third kappa shape index (κ3) is 4.45. The predicted octanol–water partition coefficient (Wildman–Crippen LogP) is 5.82. The molecule has 0 aliphatic carbocycles. The summed E-state index contributed by atoms with van der Waals surface area (Å²) in [6.07, 6.45) is -0.500. The number of benzene rings is 2. The van der Waals surface area contributed by atoms with Crippen LogP contribution >= 0.6 is 11.3 Å². The highest BCUT2D eigenvalue weighted by atomic mass is 32.1. The molecule has 1 amide bonds. The molecule has 0 spiro atoms. The quantitative estimate of drug-likeness (QED) is 0.646. The molecule has 0 fully saturated rings. The molecular weight excluding hydrogens is 332 g/mol. The molecule has 1 heterocycles. The zero-order valence-electron chi connectivity index (χ0n) is 14.4. The van der Waals surface area contributed by atoms with Gasteiger partial charge in [-0.3, -0.25) is 5.32 Å². The lowest BCUT2D eigenvalue weighted by atomic mass is 10.1. The van der Waals surface area contributed by atoms with E-state index >= 15 is 0 Å². The van der Waals surface area contributed by atoms with E-state index in [4.69, 9.17) is 4.74 Å². The van der Waals surface area contributed by atoms with E-state index in [-0.39, 0.29) is 0 Å². The number of nitrogens with one attached hydrogen (secondary N) is 1. The second kappa shape index (κ2) is 7.07. The van der Waals surface area contributed by atoms with Crippen molar-refractivity contribution >= 4 is 22.6 Å². The third-order valence-corrected chi connectivity index (χ3v) is 4.34. The summed E-state index contributed by atoms with van der Waals surface area (Å²) in [5.41, 5.74) is 2.38. The second-order valence-corrected chi connectivity index (χ2v) is 7.55. The topological polar surface area (TPSA) is 51.2 Å². The van der Waals surface area contributed by atoms with Crippen LogP contribution in [0.5, 0.6) is 0 Å². The van der Waals surface area contributed by atoms with Crippen LogP contribution in [0.3, 0.4) is 0 Å². The lowest BCUT2D eigenvalue weighted by Gasteiger charge is -2.18. The van der Waals surface area contributed by atoms with E-state index in [2.05, 4.69) is 10.3 Å². The van der Waals surface area contributed by atoms with Gasteiger partial charge >= 0.3 is 6.09 Å². The first kappa shape index (κ1) is 17.2. The van der Waals surface area contributed by atoms with Gasteiger partial charge in [0.2, 0.25) is 0 Å².